The van der Waals surface area contributed by atoms with Gasteiger partial charge in [-0.05, 0) is 29.3 Å². The van der Waals surface area contributed by atoms with Gasteiger partial charge >= 0.3 is 0 Å². The molecule has 0 saturated heterocycles. The van der Waals surface area contributed by atoms with Crippen LogP contribution >= 0.6 is 0 Å². The molecule has 0 bridgehead atoms. The molecule has 0 aliphatic carbocycles. The number of nitro groups is 1. The molecule has 1 unspecified atom stereocenters. The summed E-state index contributed by atoms with van der Waals surface area (Å²) in [5.41, 5.74) is 1.52. The summed E-state index contributed by atoms with van der Waals surface area (Å²) < 4.78 is 24.6. The monoisotopic (exact) mass is 305 g/mol. The normalized spacial score (nSPS) is 12.4. The molecule has 21 heavy (non-hydrogen) atoms. The lowest BCUT2D eigenvalue weighted by Crippen LogP contribution is -1.93. The number of rotatable bonds is 5. The first kappa shape index (κ1) is 15.1. The highest BCUT2D eigenvalue weighted by Crippen LogP contribution is 2.14. The summed E-state index contributed by atoms with van der Waals surface area (Å²) in [6, 6.07) is 11.8. The van der Waals surface area contributed by atoms with Gasteiger partial charge in [0, 0.05) is 17.5 Å². The van der Waals surface area contributed by atoms with Crippen LogP contribution in [0.1, 0.15) is 11.1 Å². The number of halogens is 1. The van der Waals surface area contributed by atoms with Gasteiger partial charge in [0.2, 0.25) is 0 Å². The van der Waals surface area contributed by atoms with E-state index in [-0.39, 0.29) is 17.3 Å². The number of nitro benzene ring substituents is 1. The number of nitrogens with zero attached hydrogens (tertiary/aromatic N) is 1. The van der Waals surface area contributed by atoms with Crippen LogP contribution in [-0.4, -0.2) is 9.13 Å². The van der Waals surface area contributed by atoms with E-state index in [1.807, 2.05) is 0 Å². The highest BCUT2D eigenvalue weighted by Gasteiger charge is 2.05. The van der Waals surface area contributed by atoms with E-state index < -0.39 is 15.7 Å². The first-order valence-corrected chi connectivity index (χ1v) is 7.47. The molecule has 1 atom stereocenters. The fraction of sp³-hybridized carbons (Fsp3) is 0.0667. The molecule has 0 aliphatic rings. The van der Waals surface area contributed by atoms with Crippen molar-refractivity contribution in [2.24, 2.45) is 0 Å². The summed E-state index contributed by atoms with van der Waals surface area (Å²) in [5.74, 6) is -0.0467. The Morgan fingerprint density at radius 1 is 1.10 bits per heavy atom. The lowest BCUT2D eigenvalue weighted by Gasteiger charge is -1.98. The molecule has 0 N–H and O–H groups in total. The van der Waals surface area contributed by atoms with Crippen molar-refractivity contribution in [2.45, 2.75) is 5.75 Å². The van der Waals surface area contributed by atoms with Crippen molar-refractivity contribution in [1.82, 2.24) is 0 Å². The van der Waals surface area contributed by atoms with E-state index in [0.717, 1.165) is 11.1 Å². The Labute approximate surface area is 123 Å². The molecule has 0 heterocycles. The van der Waals surface area contributed by atoms with Crippen LogP contribution in [0.15, 0.2) is 53.9 Å². The predicted octanol–water partition coefficient (Wildman–Crippen LogP) is 3.65. The molecule has 0 fully saturated rings. The molecule has 0 radical (unpaired) electrons. The van der Waals surface area contributed by atoms with Crippen LogP contribution in [0.25, 0.3) is 6.08 Å². The summed E-state index contributed by atoms with van der Waals surface area (Å²) in [6.45, 7) is 0. The SMILES string of the molecule is O=[N+]([O-])c1ccc(CS(=O)/C=C/c2ccc(F)cc2)cc1. The molecule has 2 rings (SSSR count). The van der Waals surface area contributed by atoms with Gasteiger partial charge in [-0.3, -0.25) is 14.3 Å². The van der Waals surface area contributed by atoms with Gasteiger partial charge in [-0.2, -0.15) is 0 Å². The number of hydrogen-bond acceptors (Lipinski definition) is 3. The second-order valence-electron chi connectivity index (χ2n) is 4.30. The molecule has 0 aromatic heterocycles. The molecular weight excluding hydrogens is 293 g/mol. The highest BCUT2D eigenvalue weighted by molar-refractivity contribution is 7.87. The first-order chi connectivity index (χ1) is 10.0. The largest absolute Gasteiger partial charge is 0.269 e. The molecule has 2 aromatic carbocycles. The smallest absolute Gasteiger partial charge is 0.258 e. The van der Waals surface area contributed by atoms with Crippen LogP contribution < -0.4 is 0 Å². The zero-order valence-electron chi connectivity index (χ0n) is 10.9. The highest BCUT2D eigenvalue weighted by atomic mass is 32.2. The van der Waals surface area contributed by atoms with Gasteiger partial charge in [0.05, 0.1) is 21.5 Å². The molecule has 6 heteroatoms. The molecule has 0 saturated carbocycles. The van der Waals surface area contributed by atoms with Crippen molar-refractivity contribution >= 4 is 22.6 Å². The third kappa shape index (κ3) is 4.61. The predicted molar refractivity (Wildman–Crippen MR) is 80.4 cm³/mol. The maximum absolute atomic E-state index is 12.7. The van der Waals surface area contributed by atoms with E-state index in [9.17, 15) is 18.7 Å². The third-order valence-electron chi connectivity index (χ3n) is 2.74. The van der Waals surface area contributed by atoms with Crippen molar-refractivity contribution in [3.63, 3.8) is 0 Å². The zero-order valence-corrected chi connectivity index (χ0v) is 11.8. The second kappa shape index (κ2) is 6.90. The molecule has 0 spiro atoms. The average Bonchev–Trinajstić information content (AvgIpc) is 2.47. The van der Waals surface area contributed by atoms with E-state index >= 15 is 0 Å². The van der Waals surface area contributed by atoms with E-state index in [0.29, 0.717) is 0 Å². The van der Waals surface area contributed by atoms with Gasteiger partial charge in [-0.15, -0.1) is 0 Å². The van der Waals surface area contributed by atoms with Gasteiger partial charge in [0.1, 0.15) is 5.82 Å². The van der Waals surface area contributed by atoms with E-state index in [1.165, 1.54) is 29.7 Å². The third-order valence-corrected chi connectivity index (χ3v) is 3.80. The molecule has 0 amide bonds. The standard InChI is InChI=1S/C15H12FNO3S/c16-14-5-1-12(2-6-14)9-10-21(20)11-13-3-7-15(8-4-13)17(18)19/h1-10H,11H2/b10-9+. The molecule has 4 nitrogen and oxygen atoms in total. The van der Waals surface area contributed by atoms with Crippen molar-refractivity contribution in [3.8, 4) is 0 Å². The molecule has 2 aromatic rings. The van der Waals surface area contributed by atoms with Gasteiger partial charge in [-0.1, -0.05) is 24.3 Å². The second-order valence-corrected chi connectivity index (χ2v) is 5.63. The summed E-state index contributed by atoms with van der Waals surface area (Å²) >= 11 is 0. The lowest BCUT2D eigenvalue weighted by atomic mass is 10.2. The first-order valence-electron chi connectivity index (χ1n) is 6.09. The minimum absolute atomic E-state index is 0.00591. The Kier molecular flexibility index (Phi) is 4.94. The minimum Gasteiger partial charge on any atom is -0.258 e. The van der Waals surface area contributed by atoms with Crippen LogP contribution in [-0.2, 0) is 16.6 Å². The zero-order chi connectivity index (χ0) is 15.2. The fourth-order valence-corrected chi connectivity index (χ4v) is 2.58. The Hall–Kier alpha value is -2.34. The van der Waals surface area contributed by atoms with Crippen molar-refractivity contribution in [2.75, 3.05) is 0 Å². The molecule has 108 valence electrons. The quantitative estimate of drug-likeness (QED) is 0.625. The number of non-ortho nitro benzene ring substituents is 1. The van der Waals surface area contributed by atoms with Crippen LogP contribution in [0.5, 0.6) is 0 Å². The average molecular weight is 305 g/mol. The maximum Gasteiger partial charge on any atom is 0.269 e. The van der Waals surface area contributed by atoms with Gasteiger partial charge in [0.15, 0.2) is 0 Å². The van der Waals surface area contributed by atoms with E-state index in [1.54, 1.807) is 30.3 Å². The summed E-state index contributed by atoms with van der Waals surface area (Å²) in [5, 5.41) is 12.0. The number of hydrogen-bond donors (Lipinski definition) is 0. The Morgan fingerprint density at radius 3 is 2.29 bits per heavy atom. The van der Waals surface area contributed by atoms with Gasteiger partial charge in [-0.25, -0.2) is 4.39 Å². The van der Waals surface area contributed by atoms with E-state index in [2.05, 4.69) is 0 Å². The minimum atomic E-state index is -1.24. The van der Waals surface area contributed by atoms with Crippen LogP contribution in [0.4, 0.5) is 10.1 Å². The Morgan fingerprint density at radius 2 is 1.71 bits per heavy atom. The summed E-state index contributed by atoms with van der Waals surface area (Å²) in [4.78, 5) is 10.0. The summed E-state index contributed by atoms with van der Waals surface area (Å²) in [7, 11) is -1.24. The number of benzene rings is 2. The van der Waals surface area contributed by atoms with Crippen LogP contribution in [0, 0.1) is 15.9 Å². The maximum atomic E-state index is 12.7. The lowest BCUT2D eigenvalue weighted by molar-refractivity contribution is -0.384. The van der Waals surface area contributed by atoms with Crippen LogP contribution in [0.3, 0.4) is 0 Å². The van der Waals surface area contributed by atoms with Crippen molar-refractivity contribution in [3.05, 3.63) is 81.0 Å². The van der Waals surface area contributed by atoms with Crippen molar-refractivity contribution < 1.29 is 13.5 Å². The fourth-order valence-electron chi connectivity index (χ4n) is 1.65. The summed E-state index contributed by atoms with van der Waals surface area (Å²) in [6.07, 6.45) is 1.65. The van der Waals surface area contributed by atoms with Crippen LogP contribution in [0.2, 0.25) is 0 Å². The molecule has 0 aliphatic heterocycles. The van der Waals surface area contributed by atoms with Gasteiger partial charge in [0.25, 0.3) is 5.69 Å². The van der Waals surface area contributed by atoms with Gasteiger partial charge < -0.3 is 0 Å². The Balaban J connectivity index is 1.98. The van der Waals surface area contributed by atoms with E-state index in [4.69, 9.17) is 0 Å². The van der Waals surface area contributed by atoms with Crippen molar-refractivity contribution in [1.29, 1.82) is 0 Å². The molecular formula is C15H12FNO3S. The Bertz CT molecular complexity index is 681. The topological polar surface area (TPSA) is 60.2 Å².